The van der Waals surface area contributed by atoms with E-state index in [2.05, 4.69) is 5.32 Å². The predicted octanol–water partition coefficient (Wildman–Crippen LogP) is 4.90. The Hall–Kier alpha value is -3.38. The third-order valence-electron chi connectivity index (χ3n) is 4.47. The van der Waals surface area contributed by atoms with Crippen LogP contribution in [-0.2, 0) is 14.3 Å². The van der Waals surface area contributed by atoms with E-state index >= 15 is 0 Å². The first-order valence-electron chi connectivity index (χ1n) is 8.80. The maximum atomic E-state index is 13.1. The lowest BCUT2D eigenvalue weighted by Gasteiger charge is -2.26. The third kappa shape index (κ3) is 3.93. The molecule has 0 aliphatic carbocycles. The minimum absolute atomic E-state index is 0.0527. The van der Waals surface area contributed by atoms with Crippen LogP contribution < -0.4 is 10.1 Å². The fourth-order valence-corrected chi connectivity index (χ4v) is 3.38. The molecule has 5 nitrogen and oxygen atoms in total. The number of anilines is 1. The highest BCUT2D eigenvalue weighted by Crippen LogP contribution is 2.44. The van der Waals surface area contributed by atoms with Gasteiger partial charge in [0.05, 0.1) is 10.7 Å². The molecule has 0 bridgehead atoms. The van der Waals surface area contributed by atoms with Gasteiger partial charge in [-0.3, -0.25) is 9.59 Å². The number of amides is 1. The van der Waals surface area contributed by atoms with Gasteiger partial charge in [0.2, 0.25) is 0 Å². The van der Waals surface area contributed by atoms with Crippen LogP contribution in [0.2, 0.25) is 5.02 Å². The van der Waals surface area contributed by atoms with Crippen molar-refractivity contribution in [2.45, 2.75) is 5.92 Å². The Bertz CT molecular complexity index is 1060. The van der Waals surface area contributed by atoms with Crippen LogP contribution in [0.1, 0.15) is 17.0 Å². The SMILES string of the molecule is O=C(COC(=O)C1c2ccccc2Oc2ccccc21)Nc1ccc(F)cc1Cl. The predicted molar refractivity (Wildman–Crippen MR) is 106 cm³/mol. The summed E-state index contributed by atoms with van der Waals surface area (Å²) in [5.74, 6) is -1.25. The van der Waals surface area contributed by atoms with E-state index < -0.39 is 30.2 Å². The zero-order valence-corrected chi connectivity index (χ0v) is 15.8. The first kappa shape index (κ1) is 19.0. The lowest BCUT2D eigenvalue weighted by molar-refractivity contribution is -0.148. The summed E-state index contributed by atoms with van der Waals surface area (Å²) in [6, 6.07) is 17.9. The van der Waals surface area contributed by atoms with E-state index in [0.717, 1.165) is 6.07 Å². The van der Waals surface area contributed by atoms with Crippen LogP contribution in [0.25, 0.3) is 0 Å². The van der Waals surface area contributed by atoms with Crippen LogP contribution >= 0.6 is 11.6 Å². The van der Waals surface area contributed by atoms with Crippen LogP contribution in [0.15, 0.2) is 66.7 Å². The van der Waals surface area contributed by atoms with Gasteiger partial charge in [0.1, 0.15) is 23.2 Å². The maximum Gasteiger partial charge on any atom is 0.318 e. The summed E-state index contributed by atoms with van der Waals surface area (Å²) in [6.07, 6.45) is 0. The van der Waals surface area contributed by atoms with Gasteiger partial charge in [0.25, 0.3) is 5.91 Å². The summed E-state index contributed by atoms with van der Waals surface area (Å²) in [7, 11) is 0. The number of nitrogens with one attached hydrogen (secondary N) is 1. The molecular weight excluding hydrogens is 397 g/mol. The normalized spacial score (nSPS) is 12.3. The number of benzene rings is 3. The van der Waals surface area contributed by atoms with E-state index in [0.29, 0.717) is 22.6 Å². The smallest absolute Gasteiger partial charge is 0.318 e. The van der Waals surface area contributed by atoms with E-state index in [4.69, 9.17) is 21.1 Å². The largest absolute Gasteiger partial charge is 0.457 e. The number of carbonyl (C=O) groups is 2. The van der Waals surface area contributed by atoms with Crippen molar-refractivity contribution in [2.24, 2.45) is 0 Å². The molecule has 0 fully saturated rings. The molecule has 0 atom stereocenters. The number of fused-ring (bicyclic) bond motifs is 2. The number of rotatable bonds is 4. The summed E-state index contributed by atoms with van der Waals surface area (Å²) in [6.45, 7) is -0.506. The van der Waals surface area contributed by atoms with E-state index in [9.17, 15) is 14.0 Å². The van der Waals surface area contributed by atoms with Crippen molar-refractivity contribution >= 4 is 29.2 Å². The minimum Gasteiger partial charge on any atom is -0.457 e. The molecule has 146 valence electrons. The Morgan fingerprint density at radius 1 is 1.00 bits per heavy atom. The van der Waals surface area contributed by atoms with Crippen molar-refractivity contribution < 1.29 is 23.5 Å². The van der Waals surface area contributed by atoms with Gasteiger partial charge in [-0.2, -0.15) is 0 Å². The summed E-state index contributed by atoms with van der Waals surface area (Å²) in [4.78, 5) is 25.0. The van der Waals surface area contributed by atoms with Crippen LogP contribution in [0.3, 0.4) is 0 Å². The first-order chi connectivity index (χ1) is 14.0. The molecule has 1 aliphatic heterocycles. The molecule has 0 unspecified atom stereocenters. The fourth-order valence-electron chi connectivity index (χ4n) is 3.16. The highest BCUT2D eigenvalue weighted by molar-refractivity contribution is 6.33. The molecule has 1 amide bonds. The zero-order chi connectivity index (χ0) is 20.4. The van der Waals surface area contributed by atoms with Crippen molar-refractivity contribution in [3.8, 4) is 11.5 Å². The molecule has 1 aliphatic rings. The molecule has 4 rings (SSSR count). The number of carbonyl (C=O) groups excluding carboxylic acids is 2. The molecule has 0 saturated heterocycles. The Kier molecular flexibility index (Phi) is 5.18. The molecule has 0 spiro atoms. The molecule has 3 aromatic rings. The molecule has 0 saturated carbocycles. The zero-order valence-electron chi connectivity index (χ0n) is 15.0. The Labute approximate surface area is 171 Å². The molecule has 1 heterocycles. The topological polar surface area (TPSA) is 64.6 Å². The number of hydrogen-bond acceptors (Lipinski definition) is 4. The Balaban J connectivity index is 1.49. The van der Waals surface area contributed by atoms with Crippen molar-refractivity contribution in [3.63, 3.8) is 0 Å². The average molecular weight is 412 g/mol. The van der Waals surface area contributed by atoms with E-state index in [1.807, 2.05) is 12.1 Å². The van der Waals surface area contributed by atoms with Crippen molar-refractivity contribution in [1.29, 1.82) is 0 Å². The van der Waals surface area contributed by atoms with Crippen molar-refractivity contribution in [2.75, 3.05) is 11.9 Å². The monoisotopic (exact) mass is 411 g/mol. The second-order valence-electron chi connectivity index (χ2n) is 6.39. The quantitative estimate of drug-likeness (QED) is 0.620. The van der Waals surface area contributed by atoms with Gasteiger partial charge in [-0.1, -0.05) is 48.0 Å². The highest BCUT2D eigenvalue weighted by Gasteiger charge is 2.33. The van der Waals surface area contributed by atoms with Gasteiger partial charge in [-0.25, -0.2) is 4.39 Å². The number of halogens is 2. The van der Waals surface area contributed by atoms with Gasteiger partial charge in [-0.15, -0.1) is 0 Å². The van der Waals surface area contributed by atoms with Gasteiger partial charge in [0, 0.05) is 11.1 Å². The second kappa shape index (κ2) is 7.93. The van der Waals surface area contributed by atoms with Crippen LogP contribution in [-0.4, -0.2) is 18.5 Å². The van der Waals surface area contributed by atoms with Crippen molar-refractivity contribution in [1.82, 2.24) is 0 Å². The summed E-state index contributed by atoms with van der Waals surface area (Å²) in [5.41, 5.74) is 1.56. The van der Waals surface area contributed by atoms with E-state index in [1.54, 1.807) is 36.4 Å². The third-order valence-corrected chi connectivity index (χ3v) is 4.78. The summed E-state index contributed by atoms with van der Waals surface area (Å²) >= 11 is 5.89. The standard InChI is InChI=1S/C22H15ClFNO4/c23-16-11-13(24)9-10-17(16)25-20(26)12-28-22(27)21-14-5-1-3-7-18(14)29-19-8-4-2-6-15(19)21/h1-11,21H,12H2,(H,25,26). The van der Waals surface area contributed by atoms with E-state index in [-0.39, 0.29) is 10.7 Å². The molecule has 7 heteroatoms. The van der Waals surface area contributed by atoms with Crippen LogP contribution in [0.5, 0.6) is 11.5 Å². The number of hydrogen-bond donors (Lipinski definition) is 1. The van der Waals surface area contributed by atoms with Crippen LogP contribution in [0.4, 0.5) is 10.1 Å². The van der Waals surface area contributed by atoms with Gasteiger partial charge in [-0.05, 0) is 30.3 Å². The lowest BCUT2D eigenvalue weighted by Crippen LogP contribution is -2.26. The number of ether oxygens (including phenoxy) is 2. The fraction of sp³-hybridized carbons (Fsp3) is 0.0909. The van der Waals surface area contributed by atoms with Gasteiger partial charge >= 0.3 is 5.97 Å². The van der Waals surface area contributed by atoms with Gasteiger partial charge in [0.15, 0.2) is 6.61 Å². The van der Waals surface area contributed by atoms with Gasteiger partial charge < -0.3 is 14.8 Å². The number of esters is 1. The molecule has 3 aromatic carbocycles. The average Bonchev–Trinajstić information content (AvgIpc) is 2.72. The molecule has 0 aromatic heterocycles. The molecule has 1 N–H and O–H groups in total. The van der Waals surface area contributed by atoms with E-state index in [1.165, 1.54) is 12.1 Å². The first-order valence-corrected chi connectivity index (χ1v) is 9.18. The molecule has 0 radical (unpaired) electrons. The minimum atomic E-state index is -0.710. The van der Waals surface area contributed by atoms with Crippen molar-refractivity contribution in [3.05, 3.63) is 88.7 Å². The lowest BCUT2D eigenvalue weighted by atomic mass is 9.88. The van der Waals surface area contributed by atoms with Crippen LogP contribution in [0, 0.1) is 5.82 Å². The Morgan fingerprint density at radius 3 is 2.24 bits per heavy atom. The molecular formula is C22H15ClFNO4. The summed E-state index contributed by atoms with van der Waals surface area (Å²) < 4.78 is 24.2. The summed E-state index contributed by atoms with van der Waals surface area (Å²) in [5, 5.41) is 2.55. The Morgan fingerprint density at radius 2 is 1.62 bits per heavy atom. The number of para-hydroxylation sites is 2. The second-order valence-corrected chi connectivity index (χ2v) is 6.80. The molecule has 29 heavy (non-hydrogen) atoms. The maximum absolute atomic E-state index is 13.1. The highest BCUT2D eigenvalue weighted by atomic mass is 35.5.